The Kier molecular flexibility index (Phi) is 5.53. The minimum Gasteiger partial charge on any atom is -0.473 e. The van der Waals surface area contributed by atoms with Gasteiger partial charge in [0.1, 0.15) is 29.7 Å². The summed E-state index contributed by atoms with van der Waals surface area (Å²) in [6, 6.07) is 9.20. The van der Waals surface area contributed by atoms with E-state index >= 15 is 0 Å². The summed E-state index contributed by atoms with van der Waals surface area (Å²) in [6.45, 7) is 3.16. The highest BCUT2D eigenvalue weighted by molar-refractivity contribution is 5.44. The van der Waals surface area contributed by atoms with Crippen LogP contribution in [0.5, 0.6) is 17.4 Å². The number of alkyl halides is 3. The van der Waals surface area contributed by atoms with Gasteiger partial charge in [-0.25, -0.2) is 9.18 Å². The Bertz CT molecular complexity index is 1220. The van der Waals surface area contributed by atoms with Crippen molar-refractivity contribution in [3.05, 3.63) is 75.5 Å². The normalized spacial score (nSPS) is 13.2. The van der Waals surface area contributed by atoms with E-state index in [1.54, 1.807) is 35.8 Å². The lowest BCUT2D eigenvalue weighted by Crippen LogP contribution is -2.22. The molecule has 1 aromatic heterocycles. The molecule has 0 unspecified atom stereocenters. The Morgan fingerprint density at radius 3 is 2.59 bits per heavy atom. The van der Waals surface area contributed by atoms with E-state index in [0.29, 0.717) is 23.9 Å². The molecule has 0 aliphatic carbocycles. The molecule has 0 saturated carbocycles. The van der Waals surface area contributed by atoms with Crippen LogP contribution in [0.15, 0.2) is 47.3 Å². The van der Waals surface area contributed by atoms with Crippen molar-refractivity contribution in [3.8, 4) is 17.4 Å². The second kappa shape index (κ2) is 8.18. The average Bonchev–Trinajstić information content (AvgIpc) is 3.10. The van der Waals surface area contributed by atoms with Crippen LogP contribution in [-0.2, 0) is 19.3 Å². The minimum absolute atomic E-state index is 0.127. The Labute approximate surface area is 180 Å². The number of benzene rings is 2. The first-order valence-electron chi connectivity index (χ1n) is 9.72. The summed E-state index contributed by atoms with van der Waals surface area (Å²) < 4.78 is 64.9. The predicted octanol–water partition coefficient (Wildman–Crippen LogP) is 4.53. The van der Waals surface area contributed by atoms with E-state index in [0.717, 1.165) is 30.1 Å². The number of hydrogen-bond donors (Lipinski definition) is 0. The van der Waals surface area contributed by atoms with Crippen LogP contribution in [0.2, 0.25) is 0 Å². The molecule has 0 spiro atoms. The molecule has 3 aromatic rings. The number of rotatable bonds is 5. The number of hydrogen-bond acceptors (Lipinski definition) is 5. The smallest absolute Gasteiger partial charge is 0.419 e. The van der Waals surface area contributed by atoms with Gasteiger partial charge >= 0.3 is 11.9 Å². The number of likely N-dealkylation sites (N-methyl/N-ethyl adjacent to an activating group) is 1. The van der Waals surface area contributed by atoms with E-state index in [-0.39, 0.29) is 23.9 Å². The zero-order valence-corrected chi connectivity index (χ0v) is 17.2. The van der Waals surface area contributed by atoms with Gasteiger partial charge in [-0.05, 0) is 48.4 Å². The zero-order valence-electron chi connectivity index (χ0n) is 17.2. The highest BCUT2D eigenvalue weighted by Gasteiger charge is 2.34. The molecule has 2 aromatic carbocycles. The number of halogens is 4. The summed E-state index contributed by atoms with van der Waals surface area (Å²) >= 11 is 0. The monoisotopic (exact) mass is 449 g/mol. The molecular formula is C22H19F4N3O3. The van der Waals surface area contributed by atoms with Crippen LogP contribution >= 0.6 is 0 Å². The summed E-state index contributed by atoms with van der Waals surface area (Å²) in [6.07, 6.45) is -4.82. The van der Waals surface area contributed by atoms with Crippen molar-refractivity contribution < 1.29 is 27.0 Å². The molecule has 10 heteroatoms. The number of nitrogens with zero attached hydrogens (tertiary/aromatic N) is 3. The number of aromatic nitrogens is 2. The molecule has 0 fully saturated rings. The van der Waals surface area contributed by atoms with Gasteiger partial charge in [0.2, 0.25) is 5.88 Å². The number of aryl methyl sites for hydroxylation is 1. The summed E-state index contributed by atoms with van der Waals surface area (Å²) in [5, 5.41) is 0. The molecule has 0 bridgehead atoms. The van der Waals surface area contributed by atoms with Crippen molar-refractivity contribution in [2.24, 2.45) is 0 Å². The Hall–Kier alpha value is -3.56. The van der Waals surface area contributed by atoms with Gasteiger partial charge in [0.15, 0.2) is 0 Å². The van der Waals surface area contributed by atoms with Crippen LogP contribution in [0, 0.1) is 12.7 Å². The average molecular weight is 449 g/mol. The lowest BCUT2D eigenvalue weighted by Gasteiger charge is -2.14. The van der Waals surface area contributed by atoms with Gasteiger partial charge in [0.05, 0.1) is 5.56 Å². The number of ether oxygens (including phenoxy) is 2. The maximum atomic E-state index is 13.5. The fourth-order valence-corrected chi connectivity index (χ4v) is 3.42. The van der Waals surface area contributed by atoms with Crippen molar-refractivity contribution in [1.82, 2.24) is 9.55 Å². The molecule has 0 amide bonds. The zero-order chi connectivity index (χ0) is 23.0. The summed E-state index contributed by atoms with van der Waals surface area (Å²) in [4.78, 5) is 18.0. The first-order valence-corrected chi connectivity index (χ1v) is 9.72. The molecule has 0 radical (unpaired) electrons. The highest BCUT2D eigenvalue weighted by atomic mass is 19.4. The molecule has 0 N–H and O–H groups in total. The van der Waals surface area contributed by atoms with E-state index in [9.17, 15) is 22.4 Å². The van der Waals surface area contributed by atoms with E-state index in [1.165, 1.54) is 0 Å². The third-order valence-corrected chi connectivity index (χ3v) is 5.11. The molecule has 4 rings (SSSR count). The van der Waals surface area contributed by atoms with Crippen molar-refractivity contribution in [2.45, 2.75) is 26.3 Å². The van der Waals surface area contributed by atoms with Crippen molar-refractivity contribution in [2.75, 3.05) is 18.5 Å². The van der Waals surface area contributed by atoms with Gasteiger partial charge in [-0.15, -0.1) is 0 Å². The molecule has 2 heterocycles. The Balaban J connectivity index is 1.47. The molecule has 1 aliphatic rings. The van der Waals surface area contributed by atoms with Crippen LogP contribution < -0.4 is 20.1 Å². The highest BCUT2D eigenvalue weighted by Crippen LogP contribution is 2.35. The maximum Gasteiger partial charge on any atom is 0.419 e. The van der Waals surface area contributed by atoms with E-state index < -0.39 is 17.6 Å². The second-order valence-electron chi connectivity index (χ2n) is 7.44. The fraction of sp³-hybridized carbons (Fsp3) is 0.273. The summed E-state index contributed by atoms with van der Waals surface area (Å²) in [5.41, 5.74) is -0.369. The van der Waals surface area contributed by atoms with Gasteiger partial charge in [-0.1, -0.05) is 6.07 Å². The first-order chi connectivity index (χ1) is 15.1. The van der Waals surface area contributed by atoms with Gasteiger partial charge < -0.3 is 14.4 Å². The maximum absolute atomic E-state index is 13.5. The lowest BCUT2D eigenvalue weighted by molar-refractivity contribution is -0.140. The molecule has 6 nitrogen and oxygen atoms in total. The molecule has 0 saturated heterocycles. The molecule has 168 valence electrons. The largest absolute Gasteiger partial charge is 0.473 e. The summed E-state index contributed by atoms with van der Waals surface area (Å²) in [7, 11) is 1.88. The number of fused-ring (bicyclic) bond motifs is 1. The summed E-state index contributed by atoms with van der Waals surface area (Å²) in [5.74, 6) is -0.224. The minimum atomic E-state index is -4.82. The molecule has 0 atom stereocenters. The first kappa shape index (κ1) is 21.7. The van der Waals surface area contributed by atoms with Gasteiger partial charge in [0, 0.05) is 26.2 Å². The molecule has 1 aliphatic heterocycles. The van der Waals surface area contributed by atoms with Crippen LogP contribution in [0.4, 0.5) is 23.4 Å². The van der Waals surface area contributed by atoms with Crippen molar-refractivity contribution >= 4 is 5.82 Å². The van der Waals surface area contributed by atoms with E-state index in [4.69, 9.17) is 9.47 Å². The van der Waals surface area contributed by atoms with Crippen molar-refractivity contribution in [1.29, 1.82) is 0 Å². The third kappa shape index (κ3) is 4.39. The van der Waals surface area contributed by atoms with Gasteiger partial charge in [-0.2, -0.15) is 18.2 Å². The lowest BCUT2D eigenvalue weighted by atomic mass is 10.1. The third-order valence-electron chi connectivity index (χ3n) is 5.11. The molecular weight excluding hydrogens is 430 g/mol. The number of anilines is 1. The van der Waals surface area contributed by atoms with Gasteiger partial charge in [-0.3, -0.25) is 4.57 Å². The Morgan fingerprint density at radius 2 is 1.88 bits per heavy atom. The van der Waals surface area contributed by atoms with E-state index in [2.05, 4.69) is 4.98 Å². The quantitative estimate of drug-likeness (QED) is 0.536. The van der Waals surface area contributed by atoms with Gasteiger partial charge in [0.25, 0.3) is 0 Å². The predicted molar refractivity (Wildman–Crippen MR) is 109 cm³/mol. The standard InChI is InChI=1S/C22H19F4N3O3/c1-13-9-14(12-31-19-11-20-28(2)7-8-29(20)21(30)27-19)3-6-18(13)32-15-4-5-17(23)16(10-15)22(24,25)26/h3-6,9-11H,7-8,12H2,1-2H3. The van der Waals surface area contributed by atoms with Crippen LogP contribution in [0.25, 0.3) is 0 Å². The Morgan fingerprint density at radius 1 is 1.09 bits per heavy atom. The van der Waals surface area contributed by atoms with Crippen LogP contribution in [0.3, 0.4) is 0 Å². The van der Waals surface area contributed by atoms with Crippen LogP contribution in [-0.4, -0.2) is 23.1 Å². The second-order valence-corrected chi connectivity index (χ2v) is 7.44. The fourth-order valence-electron chi connectivity index (χ4n) is 3.42. The molecule has 32 heavy (non-hydrogen) atoms. The van der Waals surface area contributed by atoms with Crippen molar-refractivity contribution in [3.63, 3.8) is 0 Å². The van der Waals surface area contributed by atoms with Crippen LogP contribution in [0.1, 0.15) is 16.7 Å². The SMILES string of the molecule is Cc1cc(COc2cc3n(c(=O)n2)CCN3C)ccc1Oc1ccc(F)c(C(F)(F)F)c1. The van der Waals surface area contributed by atoms with E-state index in [1.807, 2.05) is 11.9 Å². The topological polar surface area (TPSA) is 56.6 Å².